The Morgan fingerprint density at radius 3 is 2.81 bits per heavy atom. The quantitative estimate of drug-likeness (QED) is 0.590. The highest BCUT2D eigenvalue weighted by Crippen LogP contribution is 2.45. The highest BCUT2D eigenvalue weighted by Gasteiger charge is 2.46. The molecule has 0 amide bonds. The average Bonchev–Trinajstić information content (AvgIpc) is 3.12. The van der Waals surface area contributed by atoms with Gasteiger partial charge in [0.05, 0.1) is 29.1 Å². The molecule has 0 aliphatic carbocycles. The fourth-order valence-electron chi connectivity index (χ4n) is 4.89. The Balaban J connectivity index is 1.87. The number of rotatable bonds is 5. The number of esters is 1. The maximum atomic E-state index is 13.7. The molecule has 8 nitrogen and oxygen atoms in total. The standard InChI is InChI=1S/C24H25N3O5/c1-3-13-14-7-5-6-8-17(14)26-20-18-11-16-15(12-32-23(29)24(16,30)4-2)21(28)27(18)22(19(13)20)31-10-9-25/h5-8,11,22,30H,3-4,9-10,12,25H2,1-2H3/t22?,24-/m0/s1. The fraction of sp³-hybridized carbons (Fsp3) is 0.375. The van der Waals surface area contributed by atoms with Gasteiger partial charge in [0.15, 0.2) is 11.8 Å². The molecule has 0 fully saturated rings. The fourth-order valence-corrected chi connectivity index (χ4v) is 4.89. The Morgan fingerprint density at radius 1 is 1.31 bits per heavy atom. The number of cyclic esters (lactones) is 1. The molecule has 5 rings (SSSR count). The van der Waals surface area contributed by atoms with Crippen LogP contribution in [-0.4, -0.2) is 33.8 Å². The number of aryl methyl sites for hydroxylation is 1. The Morgan fingerprint density at radius 2 is 2.09 bits per heavy atom. The molecule has 8 heteroatoms. The molecule has 32 heavy (non-hydrogen) atoms. The number of nitrogens with two attached hydrogens (primary N) is 1. The van der Waals surface area contributed by atoms with E-state index >= 15 is 0 Å². The van der Waals surface area contributed by atoms with Gasteiger partial charge in [0.1, 0.15) is 6.61 Å². The molecule has 2 aliphatic rings. The molecule has 0 saturated heterocycles. The Bertz CT molecular complexity index is 1320. The van der Waals surface area contributed by atoms with Gasteiger partial charge in [-0.2, -0.15) is 0 Å². The predicted octanol–water partition coefficient (Wildman–Crippen LogP) is 2.12. The van der Waals surface area contributed by atoms with Crippen molar-refractivity contribution in [2.75, 3.05) is 13.2 Å². The van der Waals surface area contributed by atoms with Crippen molar-refractivity contribution in [1.29, 1.82) is 0 Å². The number of carbonyl (C=O) groups is 1. The number of hydrogen-bond donors (Lipinski definition) is 2. The summed E-state index contributed by atoms with van der Waals surface area (Å²) in [6, 6.07) is 9.53. The topological polar surface area (TPSA) is 117 Å². The van der Waals surface area contributed by atoms with Crippen LogP contribution in [0.4, 0.5) is 0 Å². The Kier molecular flexibility index (Phi) is 4.88. The van der Waals surface area contributed by atoms with E-state index in [1.165, 1.54) is 0 Å². The van der Waals surface area contributed by atoms with Crippen molar-refractivity contribution in [3.05, 3.63) is 62.9 Å². The van der Waals surface area contributed by atoms with Crippen molar-refractivity contribution in [3.63, 3.8) is 0 Å². The number of ether oxygens (including phenoxy) is 2. The number of carbonyl (C=O) groups excluding carboxylic acids is 1. The largest absolute Gasteiger partial charge is 0.458 e. The SMILES string of the molecule is CCc1c2c(nc3ccccc13)-c1cc3c(c(=O)n1C2OCCN)COC(=O)[C@]3(O)CC. The molecule has 3 aromatic rings. The van der Waals surface area contributed by atoms with Gasteiger partial charge in [-0.25, -0.2) is 9.78 Å². The first-order valence-electron chi connectivity index (χ1n) is 10.9. The summed E-state index contributed by atoms with van der Waals surface area (Å²) in [6.45, 7) is 4.11. The first-order chi connectivity index (χ1) is 15.5. The molecule has 2 aromatic heterocycles. The van der Waals surface area contributed by atoms with Gasteiger partial charge in [-0.3, -0.25) is 9.36 Å². The smallest absolute Gasteiger partial charge is 0.343 e. The number of hydrogen-bond acceptors (Lipinski definition) is 7. The second kappa shape index (κ2) is 7.51. The molecule has 3 N–H and O–H groups in total. The van der Waals surface area contributed by atoms with Crippen molar-refractivity contribution in [2.45, 2.75) is 45.1 Å². The third-order valence-corrected chi connectivity index (χ3v) is 6.50. The van der Waals surface area contributed by atoms with E-state index in [2.05, 4.69) is 6.92 Å². The van der Waals surface area contributed by atoms with Crippen LogP contribution < -0.4 is 11.3 Å². The summed E-state index contributed by atoms with van der Waals surface area (Å²) in [5, 5.41) is 12.1. The predicted molar refractivity (Wildman–Crippen MR) is 118 cm³/mol. The molecule has 0 saturated carbocycles. The van der Waals surface area contributed by atoms with Crippen LogP contribution in [0.3, 0.4) is 0 Å². The second-order valence-corrected chi connectivity index (χ2v) is 8.12. The van der Waals surface area contributed by atoms with Crippen LogP contribution in [-0.2, 0) is 32.9 Å². The van der Waals surface area contributed by atoms with Gasteiger partial charge >= 0.3 is 5.97 Å². The molecule has 2 atom stereocenters. The van der Waals surface area contributed by atoms with Crippen molar-refractivity contribution in [3.8, 4) is 11.4 Å². The van der Waals surface area contributed by atoms with Gasteiger partial charge in [-0.15, -0.1) is 0 Å². The Hall–Kier alpha value is -3.07. The number of fused-ring (bicyclic) bond motifs is 5. The lowest BCUT2D eigenvalue weighted by Gasteiger charge is -2.32. The van der Waals surface area contributed by atoms with Gasteiger partial charge < -0.3 is 20.3 Å². The molecule has 1 aromatic carbocycles. The van der Waals surface area contributed by atoms with E-state index in [1.807, 2.05) is 24.3 Å². The van der Waals surface area contributed by atoms with Crippen LogP contribution in [0.2, 0.25) is 0 Å². The lowest BCUT2D eigenvalue weighted by atomic mass is 9.86. The third kappa shape index (κ3) is 2.70. The molecule has 0 spiro atoms. The van der Waals surface area contributed by atoms with Crippen molar-refractivity contribution < 1.29 is 19.4 Å². The highest BCUT2D eigenvalue weighted by atomic mass is 16.6. The molecule has 1 unspecified atom stereocenters. The van der Waals surface area contributed by atoms with Gasteiger partial charge in [0.25, 0.3) is 5.56 Å². The van der Waals surface area contributed by atoms with E-state index in [9.17, 15) is 14.7 Å². The number of pyridine rings is 2. The van der Waals surface area contributed by atoms with E-state index < -0.39 is 17.8 Å². The van der Waals surface area contributed by atoms with Gasteiger partial charge in [-0.1, -0.05) is 32.0 Å². The molecule has 0 radical (unpaired) electrons. The Labute approximate surface area is 184 Å². The van der Waals surface area contributed by atoms with Crippen LogP contribution in [0.5, 0.6) is 0 Å². The minimum absolute atomic E-state index is 0.0903. The van der Waals surface area contributed by atoms with E-state index in [4.69, 9.17) is 20.2 Å². The number of para-hydroxylation sites is 1. The maximum Gasteiger partial charge on any atom is 0.343 e. The van der Waals surface area contributed by atoms with Crippen molar-refractivity contribution in [2.24, 2.45) is 5.73 Å². The molecular formula is C24H25N3O5. The summed E-state index contributed by atoms with van der Waals surface area (Å²) >= 11 is 0. The molecule has 0 bridgehead atoms. The lowest BCUT2D eigenvalue weighted by Crippen LogP contribution is -2.44. The summed E-state index contributed by atoms with van der Waals surface area (Å²) < 4.78 is 12.8. The zero-order chi connectivity index (χ0) is 22.6. The zero-order valence-electron chi connectivity index (χ0n) is 18.1. The zero-order valence-corrected chi connectivity index (χ0v) is 18.1. The summed E-state index contributed by atoms with van der Waals surface area (Å²) in [5.74, 6) is -0.744. The first kappa shape index (κ1) is 20.8. The molecular weight excluding hydrogens is 410 g/mol. The van der Waals surface area contributed by atoms with Crippen molar-refractivity contribution in [1.82, 2.24) is 9.55 Å². The van der Waals surface area contributed by atoms with E-state index in [0.717, 1.165) is 28.5 Å². The normalized spacial score (nSPS) is 21.2. The summed E-state index contributed by atoms with van der Waals surface area (Å²) in [5.41, 5.74) is 7.85. The summed E-state index contributed by atoms with van der Waals surface area (Å²) in [4.78, 5) is 31.0. The van der Waals surface area contributed by atoms with Gasteiger partial charge in [0.2, 0.25) is 0 Å². The molecule has 4 heterocycles. The van der Waals surface area contributed by atoms with Crippen LogP contribution in [0.1, 0.15) is 48.8 Å². The minimum atomic E-state index is -1.87. The van der Waals surface area contributed by atoms with Crippen molar-refractivity contribution >= 4 is 16.9 Å². The van der Waals surface area contributed by atoms with Gasteiger partial charge in [0, 0.05) is 23.1 Å². The van der Waals surface area contributed by atoms with Crippen LogP contribution in [0.15, 0.2) is 35.1 Å². The van der Waals surface area contributed by atoms with E-state index in [-0.39, 0.29) is 36.3 Å². The molecule has 2 aliphatic heterocycles. The monoisotopic (exact) mass is 435 g/mol. The summed E-state index contributed by atoms with van der Waals surface area (Å²) in [7, 11) is 0. The first-order valence-corrected chi connectivity index (χ1v) is 10.9. The average molecular weight is 435 g/mol. The van der Waals surface area contributed by atoms with Crippen LogP contribution in [0.25, 0.3) is 22.3 Å². The van der Waals surface area contributed by atoms with Crippen LogP contribution >= 0.6 is 0 Å². The van der Waals surface area contributed by atoms with E-state index in [1.54, 1.807) is 17.6 Å². The second-order valence-electron chi connectivity index (χ2n) is 8.12. The lowest BCUT2D eigenvalue weighted by molar-refractivity contribution is -0.172. The third-order valence-electron chi connectivity index (χ3n) is 6.50. The number of nitrogens with zero attached hydrogens (tertiary/aromatic N) is 2. The minimum Gasteiger partial charge on any atom is -0.458 e. The number of benzene rings is 1. The van der Waals surface area contributed by atoms with Crippen LogP contribution in [0, 0.1) is 0 Å². The van der Waals surface area contributed by atoms with E-state index in [0.29, 0.717) is 17.9 Å². The highest BCUT2D eigenvalue weighted by molar-refractivity contribution is 5.89. The number of aromatic nitrogens is 2. The molecule has 166 valence electrons. The summed E-state index contributed by atoms with van der Waals surface area (Å²) in [6.07, 6.45) is 0.116. The van der Waals surface area contributed by atoms with Gasteiger partial charge in [-0.05, 0) is 30.5 Å². The maximum absolute atomic E-state index is 13.7. The number of aliphatic hydroxyl groups is 1.